The number of aromatic amines is 1. The first-order valence-electron chi connectivity index (χ1n) is 3.45. The molecule has 4 heteroatoms. The second kappa shape index (κ2) is 3.62. The molecule has 0 spiro atoms. The molecular weight excluding hydrogens is 140 g/mol. The Kier molecular flexibility index (Phi) is 2.50. The van der Waals surface area contributed by atoms with Gasteiger partial charge in [-0.15, -0.1) is 0 Å². The number of nitrogens with one attached hydrogen (secondary N) is 2. The first-order valence-corrected chi connectivity index (χ1v) is 3.45. The van der Waals surface area contributed by atoms with Gasteiger partial charge >= 0.3 is 0 Å². The number of imidazole rings is 1. The van der Waals surface area contributed by atoms with Crippen molar-refractivity contribution < 1.29 is 0 Å². The molecule has 0 saturated heterocycles. The van der Waals surface area contributed by atoms with E-state index in [4.69, 9.17) is 5.26 Å². The van der Waals surface area contributed by atoms with E-state index in [9.17, 15) is 0 Å². The lowest BCUT2D eigenvalue weighted by atomic mass is 10.2. The number of nitrogens with zero attached hydrogens (tertiary/aromatic N) is 2. The van der Waals surface area contributed by atoms with Crippen molar-refractivity contribution in [3.05, 3.63) is 12.5 Å². The van der Waals surface area contributed by atoms with E-state index < -0.39 is 0 Å². The number of anilines is 1. The molecule has 0 aliphatic carbocycles. The zero-order valence-corrected chi connectivity index (χ0v) is 6.33. The number of hydrogen-bond donors (Lipinski definition) is 2. The van der Waals surface area contributed by atoms with Crippen molar-refractivity contribution in [2.75, 3.05) is 5.32 Å². The summed E-state index contributed by atoms with van der Waals surface area (Å²) in [7, 11) is 0. The van der Waals surface area contributed by atoms with E-state index >= 15 is 0 Å². The van der Waals surface area contributed by atoms with Gasteiger partial charge in [0.1, 0.15) is 5.82 Å². The Morgan fingerprint density at radius 3 is 3.27 bits per heavy atom. The first kappa shape index (κ1) is 7.61. The van der Waals surface area contributed by atoms with E-state index in [1.165, 1.54) is 0 Å². The summed E-state index contributed by atoms with van der Waals surface area (Å²) in [4.78, 5) is 6.73. The van der Waals surface area contributed by atoms with Gasteiger partial charge in [-0.05, 0) is 6.92 Å². The number of nitriles is 1. The molecule has 58 valence electrons. The van der Waals surface area contributed by atoms with Crippen LogP contribution >= 0.6 is 0 Å². The molecule has 2 N–H and O–H groups in total. The molecule has 0 aliphatic rings. The van der Waals surface area contributed by atoms with E-state index in [-0.39, 0.29) is 6.04 Å². The van der Waals surface area contributed by atoms with Crippen molar-refractivity contribution in [3.8, 4) is 6.07 Å². The fraction of sp³-hybridized carbons (Fsp3) is 0.429. The maximum Gasteiger partial charge on any atom is 0.123 e. The lowest BCUT2D eigenvalue weighted by Gasteiger charge is -2.07. The summed E-state index contributed by atoms with van der Waals surface area (Å²) < 4.78 is 0. The monoisotopic (exact) mass is 150 g/mol. The van der Waals surface area contributed by atoms with E-state index in [1.807, 2.05) is 6.92 Å². The van der Waals surface area contributed by atoms with Gasteiger partial charge in [-0.3, -0.25) is 0 Å². The van der Waals surface area contributed by atoms with Crippen molar-refractivity contribution in [2.45, 2.75) is 19.4 Å². The molecule has 0 aliphatic heterocycles. The van der Waals surface area contributed by atoms with Crippen LogP contribution in [0, 0.1) is 11.3 Å². The molecule has 1 heterocycles. The van der Waals surface area contributed by atoms with Gasteiger partial charge in [0.15, 0.2) is 0 Å². The number of rotatable bonds is 3. The molecule has 11 heavy (non-hydrogen) atoms. The van der Waals surface area contributed by atoms with Crippen molar-refractivity contribution in [2.24, 2.45) is 0 Å². The summed E-state index contributed by atoms with van der Waals surface area (Å²) in [5, 5.41) is 11.4. The number of H-pyrrole nitrogens is 1. The highest BCUT2D eigenvalue weighted by atomic mass is 15.0. The van der Waals surface area contributed by atoms with Crippen molar-refractivity contribution in [1.82, 2.24) is 9.97 Å². The smallest absolute Gasteiger partial charge is 0.123 e. The van der Waals surface area contributed by atoms with Crippen LogP contribution in [0.4, 0.5) is 5.82 Å². The Bertz CT molecular complexity index is 233. The van der Waals surface area contributed by atoms with Crippen molar-refractivity contribution >= 4 is 5.82 Å². The second-order valence-corrected chi connectivity index (χ2v) is 2.37. The minimum absolute atomic E-state index is 0.167. The van der Waals surface area contributed by atoms with Crippen molar-refractivity contribution in [1.29, 1.82) is 5.26 Å². The number of hydrogen-bond acceptors (Lipinski definition) is 3. The van der Waals surface area contributed by atoms with Gasteiger partial charge in [0, 0.05) is 6.04 Å². The highest BCUT2D eigenvalue weighted by Crippen LogP contribution is 2.02. The molecule has 1 unspecified atom stereocenters. The van der Waals surface area contributed by atoms with E-state index in [2.05, 4.69) is 21.4 Å². The fourth-order valence-electron chi connectivity index (χ4n) is 0.788. The summed E-state index contributed by atoms with van der Waals surface area (Å²) >= 11 is 0. The van der Waals surface area contributed by atoms with Gasteiger partial charge in [-0.25, -0.2) is 4.98 Å². The summed E-state index contributed by atoms with van der Waals surface area (Å²) in [5.41, 5.74) is 0. The highest BCUT2D eigenvalue weighted by Gasteiger charge is 1.99. The van der Waals surface area contributed by atoms with Gasteiger partial charge in [-0.2, -0.15) is 5.26 Å². The van der Waals surface area contributed by atoms with Crippen LogP contribution in [-0.2, 0) is 0 Å². The van der Waals surface area contributed by atoms with Crippen LogP contribution in [0.15, 0.2) is 12.5 Å². The second-order valence-electron chi connectivity index (χ2n) is 2.37. The summed E-state index contributed by atoms with van der Waals surface area (Å²) in [6.45, 7) is 1.95. The third kappa shape index (κ3) is 2.30. The molecule has 0 saturated carbocycles. The Balaban J connectivity index is 2.38. The molecule has 4 nitrogen and oxygen atoms in total. The fourth-order valence-corrected chi connectivity index (χ4v) is 0.788. The molecule has 0 radical (unpaired) electrons. The zero-order valence-electron chi connectivity index (χ0n) is 6.33. The lowest BCUT2D eigenvalue weighted by Crippen LogP contribution is -2.13. The third-order valence-electron chi connectivity index (χ3n) is 1.30. The average molecular weight is 150 g/mol. The topological polar surface area (TPSA) is 64.5 Å². The molecule has 0 aromatic carbocycles. The molecule has 1 aromatic rings. The Hall–Kier alpha value is -1.50. The van der Waals surface area contributed by atoms with Crippen LogP contribution in [0.3, 0.4) is 0 Å². The average Bonchev–Trinajstić information content (AvgIpc) is 2.40. The Morgan fingerprint density at radius 2 is 2.73 bits per heavy atom. The normalized spacial score (nSPS) is 12.0. The Morgan fingerprint density at radius 1 is 1.91 bits per heavy atom. The maximum atomic E-state index is 8.35. The molecule has 0 bridgehead atoms. The predicted octanol–water partition coefficient (Wildman–Crippen LogP) is 1.12. The van der Waals surface area contributed by atoms with Gasteiger partial charge < -0.3 is 10.3 Å². The standard InChI is InChI=1S/C7H10N4/c1-6(2-3-8)11-7-4-9-5-10-7/h4-6,11H,2H2,1H3,(H,9,10). The van der Waals surface area contributed by atoms with Gasteiger partial charge in [0.05, 0.1) is 25.0 Å². The lowest BCUT2D eigenvalue weighted by molar-refractivity contribution is 0.816. The molecule has 1 aromatic heterocycles. The van der Waals surface area contributed by atoms with Crippen LogP contribution in [-0.4, -0.2) is 16.0 Å². The number of aromatic nitrogens is 2. The quantitative estimate of drug-likeness (QED) is 0.678. The first-order chi connectivity index (χ1) is 5.33. The minimum atomic E-state index is 0.167. The van der Waals surface area contributed by atoms with Crippen LogP contribution in [0.1, 0.15) is 13.3 Å². The summed E-state index contributed by atoms with van der Waals surface area (Å²) in [6, 6.07) is 2.25. The minimum Gasteiger partial charge on any atom is -0.367 e. The predicted molar refractivity (Wildman–Crippen MR) is 41.9 cm³/mol. The van der Waals surface area contributed by atoms with E-state index in [1.54, 1.807) is 12.5 Å². The molecule has 1 atom stereocenters. The van der Waals surface area contributed by atoms with Gasteiger partial charge in [0.2, 0.25) is 0 Å². The summed E-state index contributed by atoms with van der Waals surface area (Å²) in [6.07, 6.45) is 3.79. The van der Waals surface area contributed by atoms with E-state index in [0.717, 1.165) is 5.82 Å². The van der Waals surface area contributed by atoms with Crippen LogP contribution in [0.5, 0.6) is 0 Å². The van der Waals surface area contributed by atoms with Gasteiger partial charge in [-0.1, -0.05) is 0 Å². The molecule has 1 rings (SSSR count). The van der Waals surface area contributed by atoms with Crippen LogP contribution < -0.4 is 5.32 Å². The SMILES string of the molecule is CC(CC#N)Nc1cnc[nH]1. The Labute approximate surface area is 65.3 Å². The van der Waals surface area contributed by atoms with Crippen LogP contribution in [0.25, 0.3) is 0 Å². The third-order valence-corrected chi connectivity index (χ3v) is 1.30. The largest absolute Gasteiger partial charge is 0.367 e. The van der Waals surface area contributed by atoms with E-state index in [0.29, 0.717) is 6.42 Å². The molecular formula is C7H10N4. The zero-order chi connectivity index (χ0) is 8.10. The van der Waals surface area contributed by atoms with Gasteiger partial charge in [0.25, 0.3) is 0 Å². The highest BCUT2D eigenvalue weighted by molar-refractivity contribution is 5.31. The summed E-state index contributed by atoms with van der Waals surface area (Å²) in [5.74, 6) is 0.854. The van der Waals surface area contributed by atoms with Crippen LogP contribution in [0.2, 0.25) is 0 Å². The van der Waals surface area contributed by atoms with Crippen molar-refractivity contribution in [3.63, 3.8) is 0 Å². The maximum absolute atomic E-state index is 8.35. The molecule has 0 amide bonds. The molecule has 0 fully saturated rings.